The first kappa shape index (κ1) is 28.9. The molecular weight excluding hydrogens is 502 g/mol. The zero-order chi connectivity index (χ0) is 28.0. The number of nitrogen functional groups attached to an aromatic ring is 1. The third-order valence-electron chi connectivity index (χ3n) is 5.37. The van der Waals surface area contributed by atoms with Crippen molar-refractivity contribution in [1.82, 2.24) is 5.32 Å². The van der Waals surface area contributed by atoms with E-state index in [0.717, 1.165) is 0 Å². The molecule has 10 nitrogen and oxygen atoms in total. The summed E-state index contributed by atoms with van der Waals surface area (Å²) in [6, 6.07) is 21.7. The first-order valence-electron chi connectivity index (χ1n) is 12.3. The van der Waals surface area contributed by atoms with Gasteiger partial charge in [0.25, 0.3) is 5.91 Å². The van der Waals surface area contributed by atoms with Gasteiger partial charge in [-0.15, -0.1) is 0 Å². The largest absolute Gasteiger partial charge is 0.491 e. The van der Waals surface area contributed by atoms with Gasteiger partial charge in [-0.1, -0.05) is 42.5 Å². The number of aliphatic hydroxyl groups is 1. The summed E-state index contributed by atoms with van der Waals surface area (Å²) in [6.45, 7) is 1.98. The lowest BCUT2D eigenvalue weighted by Gasteiger charge is -2.25. The number of anilines is 2. The molecular formula is C29H31N3O7. The maximum absolute atomic E-state index is 12.8. The number of para-hydroxylation sites is 2. The minimum Gasteiger partial charge on any atom is -0.491 e. The maximum Gasteiger partial charge on any atom is 0.414 e. The number of carbonyl (C=O) groups is 3. The highest BCUT2D eigenvalue weighted by atomic mass is 16.6. The van der Waals surface area contributed by atoms with Gasteiger partial charge in [0, 0.05) is 18.2 Å². The number of carbonyl (C=O) groups excluding carboxylic acids is 3. The summed E-state index contributed by atoms with van der Waals surface area (Å²) in [5, 5.41) is 13.9. The van der Waals surface area contributed by atoms with Crippen LogP contribution >= 0.6 is 0 Å². The lowest BCUT2D eigenvalue weighted by molar-refractivity contribution is -0.112. The Morgan fingerprint density at radius 1 is 0.974 bits per heavy atom. The molecule has 3 aromatic carbocycles. The molecule has 0 saturated carbocycles. The van der Waals surface area contributed by atoms with E-state index in [9.17, 15) is 14.4 Å². The van der Waals surface area contributed by atoms with Crippen molar-refractivity contribution in [3.8, 4) is 5.75 Å². The fourth-order valence-electron chi connectivity index (χ4n) is 3.54. The van der Waals surface area contributed by atoms with Crippen LogP contribution in [-0.4, -0.2) is 48.9 Å². The number of hydrogen-bond acceptors (Lipinski definition) is 8. The van der Waals surface area contributed by atoms with Crippen LogP contribution in [0.15, 0.2) is 91.0 Å². The minimum atomic E-state index is -1.04. The maximum atomic E-state index is 12.8. The lowest BCUT2D eigenvalue weighted by atomic mass is 10.0. The van der Waals surface area contributed by atoms with E-state index in [-0.39, 0.29) is 25.4 Å². The van der Waals surface area contributed by atoms with Crippen molar-refractivity contribution in [3.05, 3.63) is 102 Å². The van der Waals surface area contributed by atoms with Crippen LogP contribution < -0.4 is 21.1 Å². The van der Waals surface area contributed by atoms with Gasteiger partial charge in [0.15, 0.2) is 6.10 Å². The summed E-state index contributed by atoms with van der Waals surface area (Å²) >= 11 is 0. The Bertz CT molecular complexity index is 1260. The highest BCUT2D eigenvalue weighted by molar-refractivity contribution is 6.03. The van der Waals surface area contributed by atoms with E-state index in [1.807, 2.05) is 0 Å². The molecule has 0 aliphatic carbocycles. The van der Waals surface area contributed by atoms with E-state index in [4.69, 9.17) is 25.1 Å². The van der Waals surface area contributed by atoms with Crippen molar-refractivity contribution in [3.63, 3.8) is 0 Å². The topological polar surface area (TPSA) is 149 Å². The molecule has 10 heteroatoms. The van der Waals surface area contributed by atoms with E-state index in [1.165, 1.54) is 12.2 Å². The molecule has 0 saturated heterocycles. The third-order valence-corrected chi connectivity index (χ3v) is 5.37. The summed E-state index contributed by atoms with van der Waals surface area (Å²) in [5.41, 5.74) is 7.56. The summed E-state index contributed by atoms with van der Waals surface area (Å²) < 4.78 is 16.9. The van der Waals surface area contributed by atoms with Crippen molar-refractivity contribution in [2.45, 2.75) is 19.1 Å². The molecule has 0 aliphatic rings. The fraction of sp³-hybridized carbons (Fsp3) is 0.207. The molecule has 5 N–H and O–H groups in total. The second-order valence-corrected chi connectivity index (χ2v) is 8.14. The second-order valence-electron chi connectivity index (χ2n) is 8.14. The molecule has 39 heavy (non-hydrogen) atoms. The monoisotopic (exact) mass is 533 g/mol. The van der Waals surface area contributed by atoms with Gasteiger partial charge in [-0.2, -0.15) is 0 Å². The van der Waals surface area contributed by atoms with Crippen LogP contribution in [0.25, 0.3) is 0 Å². The highest BCUT2D eigenvalue weighted by Gasteiger charge is 2.27. The van der Waals surface area contributed by atoms with Crippen LogP contribution in [-0.2, 0) is 14.3 Å². The van der Waals surface area contributed by atoms with Crippen molar-refractivity contribution in [1.29, 1.82) is 0 Å². The molecule has 3 rings (SSSR count). The summed E-state index contributed by atoms with van der Waals surface area (Å²) in [7, 11) is 0. The van der Waals surface area contributed by atoms with E-state index in [1.54, 1.807) is 85.8 Å². The number of rotatable bonds is 12. The number of benzene rings is 3. The first-order chi connectivity index (χ1) is 18.9. The number of nitrogens with one attached hydrogen (secondary N) is 2. The lowest BCUT2D eigenvalue weighted by Crippen LogP contribution is -2.35. The summed E-state index contributed by atoms with van der Waals surface area (Å²) in [4.78, 5) is 37.8. The Morgan fingerprint density at radius 3 is 2.33 bits per heavy atom. The van der Waals surface area contributed by atoms with Gasteiger partial charge in [0.1, 0.15) is 18.5 Å². The zero-order valence-corrected chi connectivity index (χ0v) is 21.4. The molecule has 0 fully saturated rings. The van der Waals surface area contributed by atoms with Crippen molar-refractivity contribution in [2.24, 2.45) is 0 Å². The minimum absolute atomic E-state index is 0.120. The Morgan fingerprint density at radius 2 is 1.67 bits per heavy atom. The number of aliphatic hydroxyl groups excluding tert-OH is 1. The van der Waals surface area contributed by atoms with Gasteiger partial charge < -0.3 is 30.4 Å². The number of amides is 3. The van der Waals surface area contributed by atoms with Crippen molar-refractivity contribution < 1.29 is 33.7 Å². The van der Waals surface area contributed by atoms with E-state index < -0.39 is 30.1 Å². The normalized spacial score (nSPS) is 12.4. The van der Waals surface area contributed by atoms with Gasteiger partial charge >= 0.3 is 6.09 Å². The Labute approximate surface area is 226 Å². The number of nitrogens with two attached hydrogens (primary N) is 1. The molecule has 0 radical (unpaired) electrons. The molecule has 2 atom stereocenters. The first-order valence-corrected chi connectivity index (χ1v) is 12.3. The Hall–Kier alpha value is -4.67. The quantitative estimate of drug-likeness (QED) is 0.203. The van der Waals surface area contributed by atoms with Gasteiger partial charge in [-0.25, -0.2) is 4.79 Å². The molecule has 0 aromatic heterocycles. The number of hydrogen-bond donors (Lipinski definition) is 4. The van der Waals surface area contributed by atoms with Crippen LogP contribution in [0.1, 0.15) is 28.9 Å². The number of alkyl carbamates (subject to hydrolysis) is 1. The van der Waals surface area contributed by atoms with Crippen molar-refractivity contribution in [2.75, 3.05) is 30.9 Å². The van der Waals surface area contributed by atoms with E-state index >= 15 is 0 Å². The summed E-state index contributed by atoms with van der Waals surface area (Å²) in [6.07, 6.45) is -0.198. The molecule has 0 aliphatic heterocycles. The fourth-order valence-corrected chi connectivity index (χ4v) is 3.54. The molecule has 204 valence electrons. The average molecular weight is 534 g/mol. The molecule has 0 spiro atoms. The third kappa shape index (κ3) is 8.99. The Balaban J connectivity index is 1.82. The Kier molecular flexibility index (Phi) is 11.0. The van der Waals surface area contributed by atoms with Gasteiger partial charge in [0.2, 0.25) is 5.91 Å². The second kappa shape index (κ2) is 14.9. The average Bonchev–Trinajstić information content (AvgIpc) is 2.95. The van der Waals surface area contributed by atoms with Gasteiger partial charge in [-0.05, 0) is 55.0 Å². The predicted octanol–water partition coefficient (Wildman–Crippen LogP) is 3.85. The van der Waals surface area contributed by atoms with Crippen molar-refractivity contribution >= 4 is 29.3 Å². The molecule has 0 bridgehead atoms. The van der Waals surface area contributed by atoms with E-state index in [0.29, 0.717) is 22.7 Å². The van der Waals surface area contributed by atoms with Crippen LogP contribution in [0.2, 0.25) is 0 Å². The molecule has 3 aromatic rings. The SMILES string of the molecule is CCO[C@H](/C=C/C(=O)Nc1ccccc1N)[C@H](OC(=O)NC(=O)c1ccccc1)c1ccc(OCCO)cc1. The van der Waals surface area contributed by atoms with E-state index in [2.05, 4.69) is 10.6 Å². The molecule has 0 unspecified atom stereocenters. The van der Waals surface area contributed by atoms with Crippen LogP contribution in [0.5, 0.6) is 5.75 Å². The van der Waals surface area contributed by atoms with Gasteiger partial charge in [-0.3, -0.25) is 14.9 Å². The summed E-state index contributed by atoms with van der Waals surface area (Å²) in [5.74, 6) is -0.596. The molecule has 0 heterocycles. The predicted molar refractivity (Wildman–Crippen MR) is 146 cm³/mol. The van der Waals surface area contributed by atoms with Crippen LogP contribution in [0, 0.1) is 0 Å². The van der Waals surface area contributed by atoms with Crippen LogP contribution in [0.3, 0.4) is 0 Å². The molecule has 3 amide bonds. The smallest absolute Gasteiger partial charge is 0.414 e. The number of ether oxygens (including phenoxy) is 3. The van der Waals surface area contributed by atoms with Crippen LogP contribution in [0.4, 0.5) is 16.2 Å². The number of imide groups is 1. The van der Waals surface area contributed by atoms with Gasteiger partial charge in [0.05, 0.1) is 18.0 Å². The standard InChI is InChI=1S/C29H31N3O7/c1-2-37-25(16-17-26(34)31-24-11-7-6-10-23(24)30)27(20-12-14-22(15-13-20)38-19-18-33)39-29(36)32-28(35)21-8-4-3-5-9-21/h3-17,25,27,33H,2,18-19,30H2,1H3,(H,31,34)(H,32,35,36)/b17-16+/t25-,27-/m1/s1. The zero-order valence-electron chi connectivity index (χ0n) is 21.4. The highest BCUT2D eigenvalue weighted by Crippen LogP contribution is 2.27.